The fourth-order valence-electron chi connectivity index (χ4n) is 3.11. The van der Waals surface area contributed by atoms with Crippen molar-refractivity contribution < 1.29 is 32.6 Å². The number of urea groups is 1. The van der Waals surface area contributed by atoms with E-state index in [1.54, 1.807) is 26.0 Å². The molecular weight excluding hydrogens is 438 g/mol. The van der Waals surface area contributed by atoms with Crippen molar-refractivity contribution in [2.75, 3.05) is 38.5 Å². The Morgan fingerprint density at radius 1 is 1.06 bits per heavy atom. The molecule has 2 amide bonds. The van der Waals surface area contributed by atoms with Gasteiger partial charge in [0, 0.05) is 41.8 Å². The number of hydrogen-bond acceptors (Lipinski definition) is 8. The number of ether oxygens (including phenoxy) is 1. The van der Waals surface area contributed by atoms with E-state index < -0.39 is 34.5 Å². The van der Waals surface area contributed by atoms with Crippen molar-refractivity contribution in [1.29, 1.82) is 0 Å². The molecular formula is C21H31N3O7S. The van der Waals surface area contributed by atoms with Crippen LogP contribution in [0.4, 0.5) is 4.79 Å². The van der Waals surface area contributed by atoms with E-state index in [0.29, 0.717) is 12.3 Å². The number of rotatable bonds is 10. The predicted octanol–water partition coefficient (Wildman–Crippen LogP) is 1.90. The highest BCUT2D eigenvalue weighted by Crippen LogP contribution is 2.21. The van der Waals surface area contributed by atoms with Crippen LogP contribution >= 0.6 is 0 Å². The second-order valence-corrected chi connectivity index (χ2v) is 9.12. The first-order valence-corrected chi connectivity index (χ1v) is 12.0. The van der Waals surface area contributed by atoms with E-state index in [2.05, 4.69) is 4.90 Å². The first-order valence-electron chi connectivity index (χ1n) is 10.5. The molecule has 0 N–H and O–H groups in total. The lowest BCUT2D eigenvalue weighted by atomic mass is 10.2. The van der Waals surface area contributed by atoms with Gasteiger partial charge in [0.05, 0.1) is 18.6 Å². The average molecular weight is 470 g/mol. The van der Waals surface area contributed by atoms with Crippen LogP contribution in [0, 0.1) is 0 Å². The SMILES string of the molecule is CCN(CC)CCN1OC(=O)/C=C\C(=O)OC(C)(C)N(CCS(=O)Cc2ccco2)C1=O. The molecule has 0 saturated carbocycles. The molecule has 0 spiro atoms. The van der Waals surface area contributed by atoms with Gasteiger partial charge in [0.1, 0.15) is 5.76 Å². The minimum atomic E-state index is -1.37. The van der Waals surface area contributed by atoms with Crippen molar-refractivity contribution in [1.82, 2.24) is 14.9 Å². The third kappa shape index (κ3) is 7.49. The summed E-state index contributed by atoms with van der Waals surface area (Å²) < 4.78 is 23.2. The largest absolute Gasteiger partial charge is 0.468 e. The molecule has 1 unspecified atom stereocenters. The lowest BCUT2D eigenvalue weighted by molar-refractivity contribution is -0.186. The van der Waals surface area contributed by atoms with E-state index in [-0.39, 0.29) is 24.6 Å². The number of carbonyl (C=O) groups excluding carboxylic acids is 3. The number of furan rings is 1. The second kappa shape index (κ2) is 11.8. The fraction of sp³-hybridized carbons (Fsp3) is 0.571. The van der Waals surface area contributed by atoms with Gasteiger partial charge in [-0.25, -0.2) is 14.4 Å². The Labute approximate surface area is 190 Å². The number of likely N-dealkylation sites (N-methyl/N-ethyl adjacent to an activating group) is 1. The molecule has 1 aliphatic heterocycles. The van der Waals surface area contributed by atoms with Crippen molar-refractivity contribution in [3.8, 4) is 0 Å². The van der Waals surface area contributed by atoms with Crippen LogP contribution < -0.4 is 0 Å². The summed E-state index contributed by atoms with van der Waals surface area (Å²) in [5.74, 6) is -0.783. The van der Waals surface area contributed by atoms with Gasteiger partial charge in [-0.05, 0) is 39.1 Å². The molecule has 0 aliphatic carbocycles. The monoisotopic (exact) mass is 469 g/mol. The zero-order chi connectivity index (χ0) is 23.7. The third-order valence-corrected chi connectivity index (χ3v) is 6.18. The number of hydrogen-bond donors (Lipinski definition) is 0. The van der Waals surface area contributed by atoms with Crippen LogP contribution in [0.2, 0.25) is 0 Å². The number of cyclic esters (lactones) is 1. The van der Waals surface area contributed by atoms with Gasteiger partial charge in [-0.1, -0.05) is 13.8 Å². The molecule has 1 aliphatic rings. The Hall–Kier alpha value is -2.66. The zero-order valence-corrected chi connectivity index (χ0v) is 19.8. The van der Waals surface area contributed by atoms with E-state index in [4.69, 9.17) is 14.0 Å². The summed E-state index contributed by atoms with van der Waals surface area (Å²) in [6, 6.07) is 2.77. The minimum Gasteiger partial charge on any atom is -0.468 e. The summed E-state index contributed by atoms with van der Waals surface area (Å²) in [7, 11) is -1.33. The molecule has 0 bridgehead atoms. The van der Waals surface area contributed by atoms with Crippen LogP contribution in [0.15, 0.2) is 35.0 Å². The van der Waals surface area contributed by atoms with Crippen molar-refractivity contribution in [3.05, 3.63) is 36.3 Å². The molecule has 0 saturated heterocycles. The van der Waals surface area contributed by atoms with Crippen molar-refractivity contribution in [2.24, 2.45) is 0 Å². The molecule has 178 valence electrons. The molecule has 2 heterocycles. The second-order valence-electron chi connectivity index (χ2n) is 7.54. The van der Waals surface area contributed by atoms with Crippen LogP contribution in [-0.4, -0.2) is 81.2 Å². The van der Waals surface area contributed by atoms with E-state index in [1.807, 2.05) is 13.8 Å². The summed E-state index contributed by atoms with van der Waals surface area (Å²) in [6.45, 7) is 9.24. The van der Waals surface area contributed by atoms with Crippen LogP contribution in [0.5, 0.6) is 0 Å². The van der Waals surface area contributed by atoms with Gasteiger partial charge in [-0.2, -0.15) is 5.06 Å². The summed E-state index contributed by atoms with van der Waals surface area (Å²) >= 11 is 0. The summed E-state index contributed by atoms with van der Waals surface area (Å²) in [6.07, 6.45) is 3.37. The predicted molar refractivity (Wildman–Crippen MR) is 117 cm³/mol. The average Bonchev–Trinajstić information content (AvgIpc) is 3.23. The van der Waals surface area contributed by atoms with E-state index >= 15 is 0 Å². The van der Waals surface area contributed by atoms with Crippen LogP contribution in [0.25, 0.3) is 0 Å². The highest BCUT2D eigenvalue weighted by molar-refractivity contribution is 7.84. The molecule has 0 aromatic carbocycles. The number of amides is 2. The smallest absolute Gasteiger partial charge is 0.356 e. The van der Waals surface area contributed by atoms with Gasteiger partial charge in [0.25, 0.3) is 0 Å². The number of hydroxylamine groups is 2. The molecule has 11 heteroatoms. The van der Waals surface area contributed by atoms with E-state index in [0.717, 1.165) is 30.3 Å². The van der Waals surface area contributed by atoms with Crippen molar-refractivity contribution >= 4 is 28.8 Å². The molecule has 0 fully saturated rings. The Bertz CT molecular complexity index is 834. The van der Waals surface area contributed by atoms with Gasteiger partial charge in [-0.3, -0.25) is 9.11 Å². The lowest BCUT2D eigenvalue weighted by Gasteiger charge is -2.40. The molecule has 32 heavy (non-hydrogen) atoms. The molecule has 10 nitrogen and oxygen atoms in total. The Morgan fingerprint density at radius 3 is 2.38 bits per heavy atom. The topological polar surface area (TPSA) is 110 Å². The number of nitrogens with zero attached hydrogens (tertiary/aromatic N) is 3. The molecule has 1 atom stereocenters. The van der Waals surface area contributed by atoms with Gasteiger partial charge in [0.2, 0.25) is 0 Å². The molecule has 1 aromatic heterocycles. The summed E-state index contributed by atoms with van der Waals surface area (Å²) in [5, 5.41) is 0.960. The minimum absolute atomic E-state index is 0.00939. The van der Waals surface area contributed by atoms with Gasteiger partial charge in [-0.15, -0.1) is 0 Å². The highest BCUT2D eigenvalue weighted by atomic mass is 32.2. The maximum absolute atomic E-state index is 13.4. The first kappa shape index (κ1) is 25.6. The number of carbonyl (C=O) groups is 3. The van der Waals surface area contributed by atoms with E-state index in [9.17, 15) is 18.6 Å². The maximum atomic E-state index is 13.4. The van der Waals surface area contributed by atoms with Gasteiger partial charge in [0.15, 0.2) is 5.72 Å². The Kier molecular flexibility index (Phi) is 9.45. The van der Waals surface area contributed by atoms with Crippen LogP contribution in [0.3, 0.4) is 0 Å². The normalized spacial score (nSPS) is 19.0. The van der Waals surface area contributed by atoms with Crippen molar-refractivity contribution in [3.63, 3.8) is 0 Å². The molecule has 1 aromatic rings. The molecule has 0 radical (unpaired) electrons. The third-order valence-electron chi connectivity index (χ3n) is 4.94. The highest BCUT2D eigenvalue weighted by Gasteiger charge is 2.38. The summed E-state index contributed by atoms with van der Waals surface area (Å²) in [4.78, 5) is 46.1. The number of esters is 1. The maximum Gasteiger partial charge on any atom is 0.356 e. The van der Waals surface area contributed by atoms with Gasteiger partial charge >= 0.3 is 18.0 Å². The standard InChI is InChI=1S/C21H31N3O7S/c1-5-22(6-2)11-12-24-20(27)23(13-15-32(28)16-17-8-7-14-29-17)21(3,4)30-18(25)9-10-19(26)31-24/h7-10,14H,5-6,11-13,15-16H2,1-4H3/b10-9-. The van der Waals surface area contributed by atoms with E-state index in [1.165, 1.54) is 11.2 Å². The summed E-state index contributed by atoms with van der Waals surface area (Å²) in [5.41, 5.74) is -1.37. The molecule has 2 rings (SSSR count). The van der Waals surface area contributed by atoms with Crippen LogP contribution in [0.1, 0.15) is 33.5 Å². The quantitative estimate of drug-likeness (QED) is 0.478. The Morgan fingerprint density at radius 2 is 1.75 bits per heavy atom. The van der Waals surface area contributed by atoms with Gasteiger partial charge < -0.3 is 18.9 Å². The first-order chi connectivity index (χ1) is 15.2. The Balaban J connectivity index is 2.22. The zero-order valence-electron chi connectivity index (χ0n) is 18.9. The van der Waals surface area contributed by atoms with Crippen LogP contribution in [-0.2, 0) is 35.7 Å². The van der Waals surface area contributed by atoms with Crippen molar-refractivity contribution in [2.45, 2.75) is 39.2 Å². The fourth-order valence-corrected chi connectivity index (χ4v) is 4.12. The lowest BCUT2D eigenvalue weighted by Crippen LogP contribution is -2.57.